The summed E-state index contributed by atoms with van der Waals surface area (Å²) in [7, 11) is 0. The van der Waals surface area contributed by atoms with Gasteiger partial charge in [-0.3, -0.25) is 0 Å². The normalized spacial score (nSPS) is 18.9. The van der Waals surface area contributed by atoms with E-state index in [0.29, 0.717) is 24.3 Å². The lowest BCUT2D eigenvalue weighted by atomic mass is 10.1. The van der Waals surface area contributed by atoms with Crippen LogP contribution in [0.15, 0.2) is 54.6 Å². The predicted octanol–water partition coefficient (Wildman–Crippen LogP) is 4.81. The molecule has 0 bridgehead atoms. The largest absolute Gasteiger partial charge is 0.457 e. The summed E-state index contributed by atoms with van der Waals surface area (Å²) in [4.78, 5) is 27.2. The smallest absolute Gasteiger partial charge is 0.417 e. The molecular formula is C24H25N5O3. The number of hydrogen-bond donors (Lipinski definition) is 1. The summed E-state index contributed by atoms with van der Waals surface area (Å²) in [6, 6.07) is 17.7. The molecule has 2 fully saturated rings. The fourth-order valence-corrected chi connectivity index (χ4v) is 3.93. The number of para-hydroxylation sites is 1. The molecular weight excluding hydrogens is 406 g/mol. The van der Waals surface area contributed by atoms with E-state index >= 15 is 0 Å². The number of rotatable bonds is 7. The molecule has 8 nitrogen and oxygen atoms in total. The first-order valence-electron chi connectivity index (χ1n) is 10.9. The van der Waals surface area contributed by atoms with Crippen LogP contribution in [0.25, 0.3) is 0 Å². The number of amides is 1. The number of hydrogen-bond acceptors (Lipinski definition) is 7. The van der Waals surface area contributed by atoms with Gasteiger partial charge in [0.1, 0.15) is 23.9 Å². The fourth-order valence-electron chi connectivity index (χ4n) is 3.93. The highest BCUT2D eigenvalue weighted by Gasteiger charge is 2.45. The molecule has 1 atom stereocenters. The van der Waals surface area contributed by atoms with E-state index in [0.717, 1.165) is 36.3 Å². The molecule has 0 spiro atoms. The van der Waals surface area contributed by atoms with Crippen molar-refractivity contribution in [3.05, 3.63) is 66.0 Å². The van der Waals surface area contributed by atoms with Gasteiger partial charge in [0, 0.05) is 0 Å². The molecule has 1 aliphatic heterocycles. The standard InChI is InChI=1S/C24H25N5O3/c1-3-18-15-31-23(30)29(18)22-26-16(2)25-21(27-22)28-24(13-14-24)17-9-11-20(12-10-17)32-19-7-5-4-6-8-19/h4-12,18H,3,13-15H2,1-2H3,(H,25,26,27,28)/t18-/m0/s1. The number of benzene rings is 2. The summed E-state index contributed by atoms with van der Waals surface area (Å²) in [6.45, 7) is 4.16. The summed E-state index contributed by atoms with van der Waals surface area (Å²) in [5, 5.41) is 3.49. The Bertz CT molecular complexity index is 1120. The first kappa shape index (κ1) is 20.2. The third kappa shape index (κ3) is 3.95. The van der Waals surface area contributed by atoms with Crippen molar-refractivity contribution in [2.75, 3.05) is 16.8 Å². The fraction of sp³-hybridized carbons (Fsp3) is 0.333. The Hall–Kier alpha value is -3.68. The molecule has 1 saturated heterocycles. The molecule has 0 unspecified atom stereocenters. The van der Waals surface area contributed by atoms with Crippen LogP contribution in [-0.2, 0) is 10.3 Å². The van der Waals surface area contributed by atoms with E-state index < -0.39 is 6.09 Å². The second-order valence-electron chi connectivity index (χ2n) is 8.16. The number of aromatic nitrogens is 3. The summed E-state index contributed by atoms with van der Waals surface area (Å²) in [5.41, 5.74) is 0.913. The van der Waals surface area contributed by atoms with E-state index in [-0.39, 0.29) is 11.6 Å². The van der Waals surface area contributed by atoms with Crippen molar-refractivity contribution in [2.45, 2.75) is 44.7 Å². The molecule has 3 aromatic rings. The van der Waals surface area contributed by atoms with E-state index in [1.165, 1.54) is 4.90 Å². The zero-order valence-electron chi connectivity index (χ0n) is 18.1. The Balaban J connectivity index is 1.35. The second kappa shape index (κ2) is 8.11. The summed E-state index contributed by atoms with van der Waals surface area (Å²) < 4.78 is 11.1. The lowest BCUT2D eigenvalue weighted by Gasteiger charge is -2.21. The minimum atomic E-state index is -0.413. The van der Waals surface area contributed by atoms with E-state index in [9.17, 15) is 4.79 Å². The molecule has 0 radical (unpaired) electrons. The van der Waals surface area contributed by atoms with Gasteiger partial charge >= 0.3 is 6.09 Å². The average Bonchev–Trinajstić information content (AvgIpc) is 3.47. The number of carbonyl (C=O) groups is 1. The molecule has 1 N–H and O–H groups in total. The van der Waals surface area contributed by atoms with Crippen molar-refractivity contribution in [3.63, 3.8) is 0 Å². The first-order valence-corrected chi connectivity index (χ1v) is 10.9. The number of carbonyl (C=O) groups excluding carboxylic acids is 1. The molecule has 1 saturated carbocycles. The number of aryl methyl sites for hydroxylation is 1. The van der Waals surface area contributed by atoms with Crippen LogP contribution in [0.4, 0.5) is 16.7 Å². The maximum atomic E-state index is 12.2. The number of cyclic esters (lactones) is 1. The van der Waals surface area contributed by atoms with Crippen LogP contribution in [0.2, 0.25) is 0 Å². The number of nitrogens with zero attached hydrogens (tertiary/aromatic N) is 4. The van der Waals surface area contributed by atoms with Gasteiger partial charge in [0.25, 0.3) is 0 Å². The Morgan fingerprint density at radius 3 is 2.47 bits per heavy atom. The molecule has 1 amide bonds. The van der Waals surface area contributed by atoms with Crippen molar-refractivity contribution in [1.29, 1.82) is 0 Å². The van der Waals surface area contributed by atoms with Gasteiger partial charge < -0.3 is 14.8 Å². The quantitative estimate of drug-likeness (QED) is 0.574. The number of anilines is 2. The predicted molar refractivity (Wildman–Crippen MR) is 120 cm³/mol. The molecule has 1 aliphatic carbocycles. The van der Waals surface area contributed by atoms with Gasteiger partial charge in [0.2, 0.25) is 11.9 Å². The third-order valence-corrected chi connectivity index (χ3v) is 5.87. The van der Waals surface area contributed by atoms with Crippen LogP contribution in [0.5, 0.6) is 11.5 Å². The van der Waals surface area contributed by atoms with Crippen LogP contribution >= 0.6 is 0 Å². The van der Waals surface area contributed by atoms with Crippen LogP contribution in [-0.4, -0.2) is 33.7 Å². The minimum absolute atomic E-state index is 0.0656. The summed E-state index contributed by atoms with van der Waals surface area (Å²) in [6.07, 6.45) is 2.29. The Morgan fingerprint density at radius 1 is 1.06 bits per heavy atom. The van der Waals surface area contributed by atoms with E-state index in [1.54, 1.807) is 6.92 Å². The van der Waals surface area contributed by atoms with Crippen molar-refractivity contribution in [3.8, 4) is 11.5 Å². The Kier molecular flexibility index (Phi) is 5.13. The lowest BCUT2D eigenvalue weighted by molar-refractivity contribution is 0.178. The number of nitrogens with one attached hydrogen (secondary N) is 1. The van der Waals surface area contributed by atoms with Crippen LogP contribution in [0, 0.1) is 6.92 Å². The SMILES string of the molecule is CC[C@H]1COC(=O)N1c1nc(C)nc(NC2(c3ccc(Oc4ccccc4)cc3)CC2)n1. The van der Waals surface area contributed by atoms with Gasteiger partial charge in [0.05, 0.1) is 11.6 Å². The van der Waals surface area contributed by atoms with E-state index in [2.05, 4.69) is 32.4 Å². The molecule has 1 aromatic heterocycles. The topological polar surface area (TPSA) is 89.5 Å². The van der Waals surface area contributed by atoms with E-state index in [1.807, 2.05) is 49.4 Å². The molecule has 32 heavy (non-hydrogen) atoms. The van der Waals surface area contributed by atoms with Crippen LogP contribution in [0.3, 0.4) is 0 Å². The monoisotopic (exact) mass is 431 g/mol. The third-order valence-electron chi connectivity index (χ3n) is 5.87. The first-order chi connectivity index (χ1) is 15.6. The molecule has 2 aliphatic rings. The van der Waals surface area contributed by atoms with Crippen molar-refractivity contribution >= 4 is 18.0 Å². The van der Waals surface area contributed by atoms with Gasteiger partial charge in [-0.25, -0.2) is 9.69 Å². The zero-order valence-corrected chi connectivity index (χ0v) is 18.1. The molecule has 164 valence electrons. The highest BCUT2D eigenvalue weighted by atomic mass is 16.6. The highest BCUT2D eigenvalue weighted by Crippen LogP contribution is 2.48. The zero-order chi connectivity index (χ0) is 22.1. The molecule has 2 aromatic carbocycles. The lowest BCUT2D eigenvalue weighted by Crippen LogP contribution is -2.35. The molecule has 8 heteroatoms. The minimum Gasteiger partial charge on any atom is -0.457 e. The average molecular weight is 431 g/mol. The highest BCUT2D eigenvalue weighted by molar-refractivity contribution is 5.88. The van der Waals surface area contributed by atoms with Gasteiger partial charge in [-0.2, -0.15) is 15.0 Å². The van der Waals surface area contributed by atoms with Crippen LogP contribution in [0.1, 0.15) is 37.6 Å². The van der Waals surface area contributed by atoms with E-state index in [4.69, 9.17) is 9.47 Å². The summed E-state index contributed by atoms with van der Waals surface area (Å²) >= 11 is 0. The Morgan fingerprint density at radius 2 is 1.78 bits per heavy atom. The van der Waals surface area contributed by atoms with Gasteiger partial charge in [-0.15, -0.1) is 0 Å². The van der Waals surface area contributed by atoms with Crippen molar-refractivity contribution < 1.29 is 14.3 Å². The second-order valence-corrected chi connectivity index (χ2v) is 8.16. The van der Waals surface area contributed by atoms with Crippen molar-refractivity contribution in [2.24, 2.45) is 0 Å². The van der Waals surface area contributed by atoms with Gasteiger partial charge in [0.15, 0.2) is 0 Å². The van der Waals surface area contributed by atoms with Crippen LogP contribution < -0.4 is 15.0 Å². The summed E-state index contributed by atoms with van der Waals surface area (Å²) in [5.74, 6) is 2.93. The Labute approximate surface area is 186 Å². The van der Waals surface area contributed by atoms with Gasteiger partial charge in [-0.1, -0.05) is 37.3 Å². The van der Waals surface area contributed by atoms with Gasteiger partial charge in [-0.05, 0) is 56.0 Å². The maximum Gasteiger partial charge on any atom is 0.417 e. The maximum absolute atomic E-state index is 12.2. The number of ether oxygens (including phenoxy) is 2. The molecule has 5 rings (SSSR count). The van der Waals surface area contributed by atoms with Crippen molar-refractivity contribution in [1.82, 2.24) is 15.0 Å². The molecule has 2 heterocycles.